The predicted molar refractivity (Wildman–Crippen MR) is 89.3 cm³/mol. The number of nitrogens with zero attached hydrogens (tertiary/aromatic N) is 1. The van der Waals surface area contributed by atoms with E-state index < -0.39 is 0 Å². The molecule has 4 nitrogen and oxygen atoms in total. The van der Waals surface area contributed by atoms with Crippen molar-refractivity contribution in [1.82, 2.24) is 10.3 Å². The molecule has 114 valence electrons. The fourth-order valence-electron chi connectivity index (χ4n) is 2.44. The summed E-state index contributed by atoms with van der Waals surface area (Å²) in [5, 5.41) is 7.83. The number of benzene rings is 1. The summed E-state index contributed by atoms with van der Waals surface area (Å²) < 4.78 is 5.40. The van der Waals surface area contributed by atoms with Crippen LogP contribution in [0.5, 0.6) is 5.75 Å². The van der Waals surface area contributed by atoms with Gasteiger partial charge in [0.2, 0.25) is 0 Å². The number of anilines is 1. The topological polar surface area (TPSA) is 46.2 Å². The molecular weight excluding hydrogens is 262 g/mol. The third-order valence-electron chi connectivity index (χ3n) is 3.69. The first-order valence-corrected chi connectivity index (χ1v) is 7.58. The minimum atomic E-state index is 0.872. The van der Waals surface area contributed by atoms with E-state index in [4.69, 9.17) is 4.74 Å². The molecule has 0 aliphatic carbocycles. The van der Waals surface area contributed by atoms with Gasteiger partial charge < -0.3 is 15.4 Å². The number of aryl methyl sites for hydroxylation is 1. The van der Waals surface area contributed by atoms with Gasteiger partial charge in [0.15, 0.2) is 0 Å². The molecule has 1 aromatic heterocycles. The molecule has 0 saturated heterocycles. The van der Waals surface area contributed by atoms with Crippen molar-refractivity contribution in [3.63, 3.8) is 0 Å². The first-order chi connectivity index (χ1) is 10.3. The second-order valence-electron chi connectivity index (χ2n) is 5.29. The van der Waals surface area contributed by atoms with E-state index in [0.717, 1.165) is 41.9 Å². The summed E-state index contributed by atoms with van der Waals surface area (Å²) in [7, 11) is 3.70. The summed E-state index contributed by atoms with van der Waals surface area (Å²) in [4.78, 5) is 4.52. The SMILES string of the molecule is CNCCCCCNc1cc(OC)cc2c(C)ccnc12. The summed E-state index contributed by atoms with van der Waals surface area (Å²) in [6, 6.07) is 6.11. The van der Waals surface area contributed by atoms with Gasteiger partial charge >= 0.3 is 0 Å². The van der Waals surface area contributed by atoms with E-state index in [0.29, 0.717) is 0 Å². The van der Waals surface area contributed by atoms with Gasteiger partial charge in [-0.25, -0.2) is 0 Å². The van der Waals surface area contributed by atoms with Crippen molar-refractivity contribution in [2.24, 2.45) is 0 Å². The van der Waals surface area contributed by atoms with Crippen molar-refractivity contribution < 1.29 is 4.74 Å². The zero-order chi connectivity index (χ0) is 15.1. The highest BCUT2D eigenvalue weighted by atomic mass is 16.5. The normalized spacial score (nSPS) is 10.8. The van der Waals surface area contributed by atoms with Crippen LogP contribution in [0.1, 0.15) is 24.8 Å². The van der Waals surface area contributed by atoms with Crippen LogP contribution < -0.4 is 15.4 Å². The van der Waals surface area contributed by atoms with Crippen LogP contribution in [-0.2, 0) is 0 Å². The number of hydrogen-bond donors (Lipinski definition) is 2. The third-order valence-corrected chi connectivity index (χ3v) is 3.69. The Hall–Kier alpha value is -1.81. The maximum atomic E-state index is 5.40. The Morgan fingerprint density at radius 3 is 2.71 bits per heavy atom. The first-order valence-electron chi connectivity index (χ1n) is 7.58. The van der Waals surface area contributed by atoms with Gasteiger partial charge in [-0.05, 0) is 51.1 Å². The van der Waals surface area contributed by atoms with Gasteiger partial charge in [0.05, 0.1) is 18.3 Å². The number of pyridine rings is 1. The average molecular weight is 287 g/mol. The van der Waals surface area contributed by atoms with E-state index in [-0.39, 0.29) is 0 Å². The van der Waals surface area contributed by atoms with Crippen LogP contribution in [0.25, 0.3) is 10.9 Å². The first kappa shape index (κ1) is 15.6. The number of ether oxygens (including phenoxy) is 1. The summed E-state index contributed by atoms with van der Waals surface area (Å²) >= 11 is 0. The molecule has 0 aliphatic heterocycles. The Morgan fingerprint density at radius 1 is 1.14 bits per heavy atom. The van der Waals surface area contributed by atoms with Crippen LogP contribution in [0.15, 0.2) is 24.4 Å². The van der Waals surface area contributed by atoms with Crippen molar-refractivity contribution in [3.05, 3.63) is 30.0 Å². The summed E-state index contributed by atoms with van der Waals surface area (Å²) in [6.45, 7) is 4.15. The van der Waals surface area contributed by atoms with Gasteiger partial charge in [-0.2, -0.15) is 0 Å². The lowest BCUT2D eigenvalue weighted by molar-refractivity contribution is 0.415. The predicted octanol–water partition coefficient (Wildman–Crippen LogP) is 3.35. The molecule has 0 unspecified atom stereocenters. The third kappa shape index (κ3) is 4.08. The van der Waals surface area contributed by atoms with E-state index in [1.807, 2.05) is 25.4 Å². The Kier molecular flexibility index (Phi) is 5.81. The maximum Gasteiger partial charge on any atom is 0.121 e. The van der Waals surface area contributed by atoms with Crippen molar-refractivity contribution in [2.45, 2.75) is 26.2 Å². The molecule has 1 heterocycles. The summed E-state index contributed by atoms with van der Waals surface area (Å²) in [5.41, 5.74) is 3.30. The standard InChI is InChI=1S/C17H25N3O/c1-13-7-10-20-17-15(13)11-14(21-3)12-16(17)19-9-6-4-5-8-18-2/h7,10-12,18-19H,4-6,8-9H2,1-3H3. The van der Waals surface area contributed by atoms with Crippen LogP contribution in [0.4, 0.5) is 5.69 Å². The van der Waals surface area contributed by atoms with Crippen molar-refractivity contribution in [2.75, 3.05) is 32.6 Å². The zero-order valence-electron chi connectivity index (χ0n) is 13.2. The van der Waals surface area contributed by atoms with Gasteiger partial charge in [0.25, 0.3) is 0 Å². The fourth-order valence-corrected chi connectivity index (χ4v) is 2.44. The Bertz CT molecular complexity index is 584. The number of hydrogen-bond acceptors (Lipinski definition) is 4. The van der Waals surface area contributed by atoms with Crippen LogP contribution >= 0.6 is 0 Å². The van der Waals surface area contributed by atoms with Crippen molar-refractivity contribution in [3.8, 4) is 5.75 Å². The molecule has 0 spiro atoms. The number of rotatable bonds is 8. The van der Waals surface area contributed by atoms with Gasteiger partial charge in [-0.3, -0.25) is 4.98 Å². The lowest BCUT2D eigenvalue weighted by atomic mass is 10.1. The monoisotopic (exact) mass is 287 g/mol. The summed E-state index contributed by atoms with van der Waals surface area (Å²) in [6.07, 6.45) is 5.46. The van der Waals surface area contributed by atoms with E-state index in [1.54, 1.807) is 7.11 Å². The second kappa shape index (κ2) is 7.84. The molecule has 21 heavy (non-hydrogen) atoms. The molecule has 4 heteroatoms. The van der Waals surface area contributed by atoms with E-state index in [9.17, 15) is 0 Å². The fraction of sp³-hybridized carbons (Fsp3) is 0.471. The number of fused-ring (bicyclic) bond motifs is 1. The highest BCUT2D eigenvalue weighted by Gasteiger charge is 2.07. The van der Waals surface area contributed by atoms with Crippen molar-refractivity contribution in [1.29, 1.82) is 0 Å². The quantitative estimate of drug-likeness (QED) is 0.731. The molecule has 0 bridgehead atoms. The second-order valence-corrected chi connectivity index (χ2v) is 5.29. The Labute approximate surface area is 126 Å². The highest BCUT2D eigenvalue weighted by Crippen LogP contribution is 2.29. The molecule has 0 aliphatic rings. The Balaban J connectivity index is 2.09. The van der Waals surface area contributed by atoms with Crippen LogP contribution in [0, 0.1) is 6.92 Å². The minimum Gasteiger partial charge on any atom is -0.497 e. The van der Waals surface area contributed by atoms with Crippen LogP contribution in [0.3, 0.4) is 0 Å². The lowest BCUT2D eigenvalue weighted by Crippen LogP contribution is -2.08. The number of nitrogens with one attached hydrogen (secondary N) is 2. The van der Waals surface area contributed by atoms with Gasteiger partial charge in [0, 0.05) is 24.2 Å². The molecule has 0 saturated carbocycles. The number of unbranched alkanes of at least 4 members (excludes halogenated alkanes) is 2. The zero-order valence-corrected chi connectivity index (χ0v) is 13.2. The highest BCUT2D eigenvalue weighted by molar-refractivity contribution is 5.93. The molecule has 2 N–H and O–H groups in total. The molecule has 0 amide bonds. The smallest absolute Gasteiger partial charge is 0.121 e. The summed E-state index contributed by atoms with van der Waals surface area (Å²) in [5.74, 6) is 0.872. The number of methoxy groups -OCH3 is 1. The van der Waals surface area contributed by atoms with E-state index in [2.05, 4.69) is 28.6 Å². The maximum absolute atomic E-state index is 5.40. The number of aromatic nitrogens is 1. The Morgan fingerprint density at radius 2 is 1.95 bits per heavy atom. The van der Waals surface area contributed by atoms with Gasteiger partial charge in [0.1, 0.15) is 5.75 Å². The largest absolute Gasteiger partial charge is 0.497 e. The van der Waals surface area contributed by atoms with E-state index >= 15 is 0 Å². The van der Waals surface area contributed by atoms with E-state index in [1.165, 1.54) is 18.4 Å². The minimum absolute atomic E-state index is 0.872. The van der Waals surface area contributed by atoms with Crippen molar-refractivity contribution >= 4 is 16.6 Å². The van der Waals surface area contributed by atoms with Gasteiger partial charge in [-0.15, -0.1) is 0 Å². The molecule has 2 aromatic rings. The lowest BCUT2D eigenvalue weighted by Gasteiger charge is -2.12. The average Bonchev–Trinajstić information content (AvgIpc) is 2.51. The molecular formula is C17H25N3O. The van der Waals surface area contributed by atoms with Crippen LogP contribution in [-0.4, -0.2) is 32.2 Å². The molecule has 0 radical (unpaired) electrons. The molecule has 0 atom stereocenters. The molecule has 2 rings (SSSR count). The molecule has 1 aromatic carbocycles. The van der Waals surface area contributed by atoms with Gasteiger partial charge in [-0.1, -0.05) is 6.42 Å². The molecule has 0 fully saturated rings. The van der Waals surface area contributed by atoms with Crippen LogP contribution in [0.2, 0.25) is 0 Å².